The number of esters is 1. The first-order valence-corrected chi connectivity index (χ1v) is 9.62. The van der Waals surface area contributed by atoms with Gasteiger partial charge in [0.15, 0.2) is 6.10 Å². The van der Waals surface area contributed by atoms with E-state index in [4.69, 9.17) is 11.2 Å². The smallest absolute Gasteiger partial charge is 0.338 e. The molecule has 0 aromatic heterocycles. The van der Waals surface area contributed by atoms with Gasteiger partial charge in [0.2, 0.25) is 10.0 Å². The Morgan fingerprint density at radius 3 is 2.41 bits per heavy atom. The first kappa shape index (κ1) is 22.0. The van der Waals surface area contributed by atoms with Gasteiger partial charge in [-0.2, -0.15) is 4.72 Å². The predicted octanol–water partition coefficient (Wildman–Crippen LogP) is 2.06. The molecule has 0 saturated carbocycles. The van der Waals surface area contributed by atoms with Crippen LogP contribution in [0.2, 0.25) is 0 Å². The number of halogens is 2. The number of rotatable bonds is 7. The maximum absolute atomic E-state index is 13.6. The fraction of sp³-hybridized carbons (Fsp3) is 0.158. The van der Waals surface area contributed by atoms with Crippen molar-refractivity contribution < 1.29 is 31.5 Å². The van der Waals surface area contributed by atoms with Crippen molar-refractivity contribution in [1.29, 1.82) is 0 Å². The molecule has 1 atom stereocenters. The van der Waals surface area contributed by atoms with Crippen LogP contribution >= 0.6 is 0 Å². The van der Waals surface area contributed by atoms with Crippen molar-refractivity contribution in [3.63, 3.8) is 0 Å². The fourth-order valence-electron chi connectivity index (χ4n) is 2.10. The van der Waals surface area contributed by atoms with Crippen LogP contribution in [0.15, 0.2) is 47.4 Å². The van der Waals surface area contributed by atoms with Gasteiger partial charge in [-0.15, -0.1) is 6.42 Å². The standard InChI is InChI=1S/C19H16F2N2O5S/c1-3-10-22-29(26,27)15-7-4-13(5-8-15)19(25)28-12(2)18(24)23-17-9-6-14(20)11-16(17)21/h1,4-9,11-12,22H,10H2,2H3,(H,23,24). The maximum Gasteiger partial charge on any atom is 0.338 e. The van der Waals surface area contributed by atoms with Crippen molar-refractivity contribution in [1.82, 2.24) is 4.72 Å². The third-order valence-electron chi connectivity index (χ3n) is 3.61. The molecule has 2 aromatic rings. The second-order valence-corrected chi connectivity index (χ2v) is 7.48. The zero-order chi connectivity index (χ0) is 21.6. The van der Waals surface area contributed by atoms with E-state index in [0.717, 1.165) is 12.1 Å². The number of anilines is 1. The van der Waals surface area contributed by atoms with E-state index in [1.165, 1.54) is 31.2 Å². The summed E-state index contributed by atoms with van der Waals surface area (Å²) in [7, 11) is -3.81. The fourth-order valence-corrected chi connectivity index (χ4v) is 3.03. The topological polar surface area (TPSA) is 102 Å². The van der Waals surface area contributed by atoms with E-state index >= 15 is 0 Å². The van der Waals surface area contributed by atoms with Gasteiger partial charge in [-0.05, 0) is 43.3 Å². The van der Waals surface area contributed by atoms with Crippen molar-refractivity contribution in [3.05, 3.63) is 59.7 Å². The van der Waals surface area contributed by atoms with Gasteiger partial charge in [-0.25, -0.2) is 22.0 Å². The summed E-state index contributed by atoms with van der Waals surface area (Å²) in [5, 5.41) is 2.18. The first-order valence-electron chi connectivity index (χ1n) is 8.14. The predicted molar refractivity (Wildman–Crippen MR) is 100 cm³/mol. The molecule has 0 aliphatic rings. The Morgan fingerprint density at radius 1 is 1.17 bits per heavy atom. The molecule has 152 valence electrons. The monoisotopic (exact) mass is 422 g/mol. The van der Waals surface area contributed by atoms with E-state index in [1.54, 1.807) is 0 Å². The molecule has 2 rings (SSSR count). The van der Waals surface area contributed by atoms with Gasteiger partial charge in [0, 0.05) is 6.07 Å². The quantitative estimate of drug-likeness (QED) is 0.525. The number of carbonyl (C=O) groups excluding carboxylic acids is 2. The van der Waals surface area contributed by atoms with Crippen molar-refractivity contribution >= 4 is 27.6 Å². The highest BCUT2D eigenvalue weighted by Crippen LogP contribution is 2.16. The summed E-state index contributed by atoms with van der Waals surface area (Å²) in [6.07, 6.45) is 3.71. The average molecular weight is 422 g/mol. The summed E-state index contributed by atoms with van der Waals surface area (Å²) < 4.78 is 57.5. The number of sulfonamides is 1. The van der Waals surface area contributed by atoms with Gasteiger partial charge < -0.3 is 10.1 Å². The van der Waals surface area contributed by atoms with E-state index in [1.807, 2.05) is 0 Å². The molecule has 2 aromatic carbocycles. The summed E-state index contributed by atoms with van der Waals surface area (Å²) >= 11 is 0. The summed E-state index contributed by atoms with van der Waals surface area (Å²) in [6, 6.07) is 7.35. The van der Waals surface area contributed by atoms with Crippen LogP contribution in [-0.2, 0) is 19.6 Å². The van der Waals surface area contributed by atoms with Crippen LogP contribution in [-0.4, -0.2) is 32.9 Å². The Labute approximate surface area is 166 Å². The second kappa shape index (κ2) is 9.27. The number of hydrogen-bond acceptors (Lipinski definition) is 5. The van der Waals surface area contributed by atoms with Gasteiger partial charge in [-0.3, -0.25) is 4.79 Å². The van der Waals surface area contributed by atoms with Gasteiger partial charge in [0.25, 0.3) is 5.91 Å². The van der Waals surface area contributed by atoms with E-state index in [2.05, 4.69) is 16.0 Å². The molecular formula is C19H16F2N2O5S. The zero-order valence-corrected chi connectivity index (χ0v) is 15.9. The maximum atomic E-state index is 13.6. The molecule has 1 amide bonds. The first-order chi connectivity index (χ1) is 13.6. The highest BCUT2D eigenvalue weighted by molar-refractivity contribution is 7.89. The minimum absolute atomic E-state index is 0.00601. The Morgan fingerprint density at radius 2 is 1.83 bits per heavy atom. The van der Waals surface area contributed by atoms with E-state index < -0.39 is 39.6 Å². The van der Waals surface area contributed by atoms with Crippen LogP contribution in [0.25, 0.3) is 0 Å². The lowest BCUT2D eigenvalue weighted by Gasteiger charge is -2.14. The van der Waals surface area contributed by atoms with Crippen LogP contribution in [0, 0.1) is 24.0 Å². The normalized spacial score (nSPS) is 11.9. The molecule has 0 aliphatic heterocycles. The highest BCUT2D eigenvalue weighted by Gasteiger charge is 2.21. The molecule has 2 N–H and O–H groups in total. The molecule has 0 aliphatic carbocycles. The molecule has 0 radical (unpaired) electrons. The van der Waals surface area contributed by atoms with Crippen molar-refractivity contribution in [3.8, 4) is 12.3 Å². The molecule has 0 fully saturated rings. The number of terminal acetylenes is 1. The third kappa shape index (κ3) is 5.84. The van der Waals surface area contributed by atoms with Gasteiger partial charge in [0.05, 0.1) is 22.7 Å². The lowest BCUT2D eigenvalue weighted by molar-refractivity contribution is -0.123. The molecule has 1 unspecified atom stereocenters. The summed E-state index contributed by atoms with van der Waals surface area (Å²) in [4.78, 5) is 24.1. The molecule has 10 heteroatoms. The number of carbonyl (C=O) groups is 2. The van der Waals surface area contributed by atoms with Crippen molar-refractivity contribution in [2.45, 2.75) is 17.9 Å². The largest absolute Gasteiger partial charge is 0.449 e. The summed E-state index contributed by atoms with van der Waals surface area (Å²) in [5.41, 5.74) is -0.276. The lowest BCUT2D eigenvalue weighted by atomic mass is 10.2. The second-order valence-electron chi connectivity index (χ2n) is 5.71. The zero-order valence-electron chi connectivity index (χ0n) is 15.1. The average Bonchev–Trinajstić information content (AvgIpc) is 2.68. The van der Waals surface area contributed by atoms with E-state index in [0.29, 0.717) is 6.07 Å². The van der Waals surface area contributed by atoms with Crippen LogP contribution in [0.1, 0.15) is 17.3 Å². The van der Waals surface area contributed by atoms with Crippen molar-refractivity contribution in [2.75, 3.05) is 11.9 Å². The third-order valence-corrected chi connectivity index (χ3v) is 5.02. The molecule has 29 heavy (non-hydrogen) atoms. The van der Waals surface area contributed by atoms with Crippen LogP contribution in [0.3, 0.4) is 0 Å². The molecule has 0 heterocycles. The SMILES string of the molecule is C#CCNS(=O)(=O)c1ccc(C(=O)OC(C)C(=O)Nc2ccc(F)cc2F)cc1. The van der Waals surface area contributed by atoms with Crippen LogP contribution in [0.4, 0.5) is 14.5 Å². The van der Waals surface area contributed by atoms with Gasteiger partial charge in [0.1, 0.15) is 11.6 Å². The number of benzene rings is 2. The highest BCUT2D eigenvalue weighted by atomic mass is 32.2. The summed E-state index contributed by atoms with van der Waals surface area (Å²) in [5.74, 6) is -1.38. The number of ether oxygens (including phenoxy) is 1. The molecule has 0 bridgehead atoms. The number of hydrogen-bond donors (Lipinski definition) is 2. The number of amides is 1. The molecular weight excluding hydrogens is 406 g/mol. The Hall–Kier alpha value is -3.29. The Bertz CT molecular complexity index is 1060. The number of nitrogens with one attached hydrogen (secondary N) is 2. The Balaban J connectivity index is 2.02. The molecule has 7 nitrogen and oxygen atoms in total. The minimum Gasteiger partial charge on any atom is -0.449 e. The Kier molecular flexibility index (Phi) is 7.03. The van der Waals surface area contributed by atoms with Gasteiger partial charge in [-0.1, -0.05) is 5.92 Å². The van der Waals surface area contributed by atoms with Crippen LogP contribution < -0.4 is 10.0 Å². The van der Waals surface area contributed by atoms with Crippen LogP contribution in [0.5, 0.6) is 0 Å². The van der Waals surface area contributed by atoms with E-state index in [-0.39, 0.29) is 22.7 Å². The minimum atomic E-state index is -3.81. The molecule has 0 spiro atoms. The summed E-state index contributed by atoms with van der Waals surface area (Å²) in [6.45, 7) is 1.07. The molecule has 0 saturated heterocycles. The lowest BCUT2D eigenvalue weighted by Crippen LogP contribution is -2.30. The van der Waals surface area contributed by atoms with Crippen molar-refractivity contribution in [2.24, 2.45) is 0 Å². The van der Waals surface area contributed by atoms with E-state index in [9.17, 15) is 26.8 Å². The van der Waals surface area contributed by atoms with Gasteiger partial charge >= 0.3 is 5.97 Å².